The molecule has 1 aromatic heterocycles. The highest BCUT2D eigenvalue weighted by Gasteiger charge is 2.24. The molecule has 148 valence electrons. The van der Waals surface area contributed by atoms with Crippen molar-refractivity contribution in [1.29, 1.82) is 0 Å². The van der Waals surface area contributed by atoms with E-state index in [0.717, 1.165) is 33.3 Å². The van der Waals surface area contributed by atoms with Crippen molar-refractivity contribution in [3.05, 3.63) is 65.9 Å². The number of hydrogen-bond acceptors (Lipinski definition) is 3. The van der Waals surface area contributed by atoms with Gasteiger partial charge in [0.15, 0.2) is 0 Å². The lowest BCUT2D eigenvalue weighted by atomic mass is 9.92. The van der Waals surface area contributed by atoms with Crippen molar-refractivity contribution in [2.75, 3.05) is 26.2 Å². The fourth-order valence-electron chi connectivity index (χ4n) is 4.06. The van der Waals surface area contributed by atoms with E-state index in [1.54, 1.807) is 11.8 Å². The van der Waals surface area contributed by atoms with Gasteiger partial charge in [0.05, 0.1) is 11.9 Å². The molecular weight excluding hydrogens is 362 g/mol. The van der Waals surface area contributed by atoms with Gasteiger partial charge in [0, 0.05) is 44.2 Å². The highest BCUT2D eigenvalue weighted by molar-refractivity contribution is 5.98. The summed E-state index contributed by atoms with van der Waals surface area (Å²) in [5.41, 5.74) is 4.99. The van der Waals surface area contributed by atoms with Crippen molar-refractivity contribution in [3.8, 4) is 11.1 Å². The van der Waals surface area contributed by atoms with Crippen LogP contribution < -0.4 is 0 Å². The first-order valence-corrected chi connectivity index (χ1v) is 10.0. The van der Waals surface area contributed by atoms with Gasteiger partial charge in [-0.25, -0.2) is 0 Å². The van der Waals surface area contributed by atoms with Crippen molar-refractivity contribution in [3.63, 3.8) is 0 Å². The summed E-state index contributed by atoms with van der Waals surface area (Å²) in [7, 11) is 0. The Kier molecular flexibility index (Phi) is 5.30. The van der Waals surface area contributed by atoms with Crippen LogP contribution in [0.2, 0.25) is 0 Å². The van der Waals surface area contributed by atoms with Crippen molar-refractivity contribution >= 4 is 22.7 Å². The molecule has 1 saturated heterocycles. The van der Waals surface area contributed by atoms with Gasteiger partial charge < -0.3 is 9.80 Å². The van der Waals surface area contributed by atoms with Gasteiger partial charge in [-0.3, -0.25) is 14.6 Å². The van der Waals surface area contributed by atoms with Gasteiger partial charge in [-0.1, -0.05) is 48.5 Å². The number of aromatic nitrogens is 1. The van der Waals surface area contributed by atoms with E-state index in [1.807, 2.05) is 48.2 Å². The van der Waals surface area contributed by atoms with Crippen LogP contribution >= 0.6 is 0 Å². The Morgan fingerprint density at radius 1 is 0.897 bits per heavy atom. The number of para-hydroxylation sites is 1. The normalized spacial score (nSPS) is 14.3. The molecule has 0 atom stereocenters. The third-order valence-corrected chi connectivity index (χ3v) is 5.67. The number of fused-ring (bicyclic) bond motifs is 1. The molecule has 1 aliphatic rings. The van der Waals surface area contributed by atoms with E-state index in [0.29, 0.717) is 32.6 Å². The van der Waals surface area contributed by atoms with Crippen LogP contribution in [-0.4, -0.2) is 52.8 Å². The second-order valence-electron chi connectivity index (χ2n) is 7.50. The lowest BCUT2D eigenvalue weighted by Gasteiger charge is -2.34. The van der Waals surface area contributed by atoms with Gasteiger partial charge in [-0.05, 0) is 29.7 Å². The number of carbonyl (C=O) groups is 2. The molecule has 0 unspecified atom stereocenters. The van der Waals surface area contributed by atoms with E-state index >= 15 is 0 Å². The topological polar surface area (TPSA) is 53.5 Å². The predicted octanol–water partition coefficient (Wildman–Crippen LogP) is 3.44. The standard InChI is InChI=1S/C24H25N3O2/c1-17-21(16-23(29)27-14-12-26(13-15-27)18(2)28)24(19-8-4-3-5-9-19)20-10-6-7-11-22(20)25-17/h3-11H,12-16H2,1-2H3. The summed E-state index contributed by atoms with van der Waals surface area (Å²) in [5.74, 6) is 0.156. The number of rotatable bonds is 3. The molecule has 2 aromatic carbocycles. The second kappa shape index (κ2) is 8.03. The highest BCUT2D eigenvalue weighted by atomic mass is 16.2. The van der Waals surface area contributed by atoms with Crippen LogP contribution in [0.1, 0.15) is 18.2 Å². The number of aryl methyl sites for hydroxylation is 1. The Hall–Kier alpha value is -3.21. The number of nitrogens with zero attached hydrogens (tertiary/aromatic N) is 3. The minimum absolute atomic E-state index is 0.0676. The molecular formula is C24H25N3O2. The molecule has 2 amide bonds. The Bertz CT molecular complexity index is 1050. The minimum Gasteiger partial charge on any atom is -0.339 e. The van der Waals surface area contributed by atoms with Crippen LogP contribution in [0.25, 0.3) is 22.0 Å². The van der Waals surface area contributed by atoms with E-state index in [4.69, 9.17) is 4.98 Å². The second-order valence-corrected chi connectivity index (χ2v) is 7.50. The molecule has 5 nitrogen and oxygen atoms in total. The number of amides is 2. The molecule has 5 heteroatoms. The summed E-state index contributed by atoms with van der Waals surface area (Å²) in [4.78, 5) is 33.1. The number of pyridine rings is 1. The van der Waals surface area contributed by atoms with E-state index in [-0.39, 0.29) is 11.8 Å². The SMILES string of the molecule is CC(=O)N1CCN(C(=O)Cc2c(C)nc3ccccc3c2-c2ccccc2)CC1. The molecule has 0 N–H and O–H groups in total. The maximum Gasteiger partial charge on any atom is 0.227 e. The molecule has 1 aliphatic heterocycles. The average molecular weight is 387 g/mol. The molecule has 4 rings (SSSR count). The van der Waals surface area contributed by atoms with E-state index in [1.165, 1.54) is 0 Å². The molecule has 0 radical (unpaired) electrons. The van der Waals surface area contributed by atoms with Crippen molar-refractivity contribution in [2.24, 2.45) is 0 Å². The minimum atomic E-state index is 0.0676. The van der Waals surface area contributed by atoms with Gasteiger partial charge in [-0.2, -0.15) is 0 Å². The van der Waals surface area contributed by atoms with Gasteiger partial charge in [-0.15, -0.1) is 0 Å². The monoisotopic (exact) mass is 387 g/mol. The first-order chi connectivity index (χ1) is 14.0. The van der Waals surface area contributed by atoms with Crippen molar-refractivity contribution in [2.45, 2.75) is 20.3 Å². The van der Waals surface area contributed by atoms with Crippen LogP contribution in [0, 0.1) is 6.92 Å². The number of piperazine rings is 1. The lowest BCUT2D eigenvalue weighted by molar-refractivity contribution is -0.138. The average Bonchev–Trinajstić information content (AvgIpc) is 2.75. The molecule has 0 saturated carbocycles. The van der Waals surface area contributed by atoms with Crippen LogP contribution in [0.15, 0.2) is 54.6 Å². The van der Waals surface area contributed by atoms with Gasteiger partial charge >= 0.3 is 0 Å². The smallest absolute Gasteiger partial charge is 0.227 e. The van der Waals surface area contributed by atoms with E-state index in [2.05, 4.69) is 18.2 Å². The summed E-state index contributed by atoms with van der Waals surface area (Å²) >= 11 is 0. The maximum atomic E-state index is 13.1. The number of benzene rings is 2. The molecule has 2 heterocycles. The van der Waals surface area contributed by atoms with Crippen molar-refractivity contribution < 1.29 is 9.59 Å². The zero-order valence-electron chi connectivity index (χ0n) is 16.9. The van der Waals surface area contributed by atoms with Crippen LogP contribution in [0.4, 0.5) is 0 Å². The number of carbonyl (C=O) groups excluding carboxylic acids is 2. The third kappa shape index (κ3) is 3.86. The predicted molar refractivity (Wildman–Crippen MR) is 114 cm³/mol. The summed E-state index contributed by atoms with van der Waals surface area (Å²) in [6.45, 7) is 5.92. The Morgan fingerprint density at radius 3 is 2.21 bits per heavy atom. The summed E-state index contributed by atoms with van der Waals surface area (Å²) in [5, 5.41) is 1.06. The van der Waals surface area contributed by atoms with Crippen LogP contribution in [-0.2, 0) is 16.0 Å². The molecule has 0 bridgehead atoms. The fourth-order valence-corrected chi connectivity index (χ4v) is 4.06. The van der Waals surface area contributed by atoms with E-state index < -0.39 is 0 Å². The lowest BCUT2D eigenvalue weighted by Crippen LogP contribution is -2.50. The van der Waals surface area contributed by atoms with Crippen molar-refractivity contribution in [1.82, 2.24) is 14.8 Å². The van der Waals surface area contributed by atoms with E-state index in [9.17, 15) is 9.59 Å². The van der Waals surface area contributed by atoms with Crippen LogP contribution in [0.5, 0.6) is 0 Å². The molecule has 0 aliphatic carbocycles. The molecule has 0 spiro atoms. The quantitative estimate of drug-likeness (QED) is 0.692. The van der Waals surface area contributed by atoms with Crippen LogP contribution in [0.3, 0.4) is 0 Å². The first-order valence-electron chi connectivity index (χ1n) is 10.0. The fraction of sp³-hybridized carbons (Fsp3) is 0.292. The third-order valence-electron chi connectivity index (χ3n) is 5.67. The Morgan fingerprint density at radius 2 is 1.52 bits per heavy atom. The molecule has 29 heavy (non-hydrogen) atoms. The van der Waals surface area contributed by atoms with Gasteiger partial charge in [0.1, 0.15) is 0 Å². The summed E-state index contributed by atoms with van der Waals surface area (Å²) in [6.07, 6.45) is 0.313. The maximum absolute atomic E-state index is 13.1. The molecule has 1 fully saturated rings. The highest BCUT2D eigenvalue weighted by Crippen LogP contribution is 2.33. The first kappa shape index (κ1) is 19.1. The number of hydrogen-bond donors (Lipinski definition) is 0. The zero-order chi connectivity index (χ0) is 20.4. The Labute approximate surface area is 171 Å². The Balaban J connectivity index is 1.70. The molecule has 3 aromatic rings. The summed E-state index contributed by atoms with van der Waals surface area (Å²) in [6, 6.07) is 18.3. The van der Waals surface area contributed by atoms with Gasteiger partial charge in [0.2, 0.25) is 11.8 Å². The largest absolute Gasteiger partial charge is 0.339 e. The van der Waals surface area contributed by atoms with Gasteiger partial charge in [0.25, 0.3) is 0 Å². The summed E-state index contributed by atoms with van der Waals surface area (Å²) < 4.78 is 0. The zero-order valence-corrected chi connectivity index (χ0v) is 16.9.